The fraction of sp³-hybridized carbons (Fsp3) is 0.222. The predicted octanol–water partition coefficient (Wildman–Crippen LogP) is 3.89. The van der Waals surface area contributed by atoms with Crippen LogP contribution >= 0.6 is 0 Å². The number of carbonyl (C=O) groups is 1. The Labute approximate surface area is 134 Å². The van der Waals surface area contributed by atoms with Crippen LogP contribution in [0.1, 0.15) is 28.7 Å². The molecule has 23 heavy (non-hydrogen) atoms. The summed E-state index contributed by atoms with van der Waals surface area (Å²) in [5.74, 6) is 0.363. The summed E-state index contributed by atoms with van der Waals surface area (Å²) in [4.78, 5) is 16.2. The number of fused-ring (bicyclic) bond motifs is 1. The topological polar surface area (TPSA) is 64.4 Å². The largest absolute Gasteiger partial charge is 0.436 e. The highest BCUT2D eigenvalue weighted by molar-refractivity contribution is 5.72. The van der Waals surface area contributed by atoms with Crippen LogP contribution in [-0.2, 0) is 4.74 Å². The number of aromatic nitrogens is 1. The molecule has 1 amide bonds. The van der Waals surface area contributed by atoms with E-state index in [2.05, 4.69) is 10.3 Å². The Morgan fingerprint density at radius 3 is 2.70 bits per heavy atom. The van der Waals surface area contributed by atoms with Gasteiger partial charge in [0, 0.05) is 12.6 Å². The number of oxazole rings is 1. The van der Waals surface area contributed by atoms with Crippen LogP contribution < -0.4 is 5.32 Å². The zero-order chi connectivity index (χ0) is 16.4. The first-order valence-corrected chi connectivity index (χ1v) is 7.39. The molecule has 0 saturated carbocycles. The number of hydrogen-bond donors (Lipinski definition) is 1. The van der Waals surface area contributed by atoms with Crippen LogP contribution in [0, 0.1) is 13.8 Å². The molecule has 0 saturated heterocycles. The number of rotatable bonds is 3. The van der Waals surface area contributed by atoms with Gasteiger partial charge < -0.3 is 14.5 Å². The Balaban J connectivity index is 2.09. The third-order valence-electron chi connectivity index (χ3n) is 3.67. The van der Waals surface area contributed by atoms with Gasteiger partial charge in [-0.15, -0.1) is 0 Å². The van der Waals surface area contributed by atoms with Gasteiger partial charge in [-0.3, -0.25) is 0 Å². The zero-order valence-electron chi connectivity index (χ0n) is 13.3. The lowest BCUT2D eigenvalue weighted by Crippen LogP contribution is -2.23. The second-order valence-electron chi connectivity index (χ2n) is 5.42. The Morgan fingerprint density at radius 1 is 1.22 bits per heavy atom. The molecule has 1 N–H and O–H groups in total. The van der Waals surface area contributed by atoms with Crippen molar-refractivity contribution in [2.75, 3.05) is 7.05 Å². The molecule has 0 aliphatic carbocycles. The van der Waals surface area contributed by atoms with Crippen molar-refractivity contribution < 1.29 is 13.9 Å². The summed E-state index contributed by atoms with van der Waals surface area (Å²) < 4.78 is 11.3. The number of para-hydroxylation sites is 2. The third kappa shape index (κ3) is 3.04. The molecule has 1 atom stereocenters. The molecule has 1 heterocycles. The van der Waals surface area contributed by atoms with Crippen molar-refractivity contribution in [2.45, 2.75) is 20.0 Å². The molecule has 0 fully saturated rings. The minimum absolute atomic E-state index is 0.363. The highest BCUT2D eigenvalue weighted by Crippen LogP contribution is 2.30. The lowest BCUT2D eigenvalue weighted by atomic mass is 10.0. The van der Waals surface area contributed by atoms with E-state index in [-0.39, 0.29) is 0 Å². The van der Waals surface area contributed by atoms with Crippen molar-refractivity contribution in [2.24, 2.45) is 0 Å². The van der Waals surface area contributed by atoms with Gasteiger partial charge in [-0.1, -0.05) is 35.9 Å². The number of benzene rings is 2. The number of amides is 1. The number of aryl methyl sites for hydroxylation is 2. The number of alkyl carbamates (subject to hydrolysis) is 1. The molecule has 0 aliphatic rings. The molecule has 1 aromatic heterocycles. The average Bonchev–Trinajstić information content (AvgIpc) is 2.96. The number of nitrogens with one attached hydrogen (secondary N) is 1. The van der Waals surface area contributed by atoms with E-state index in [9.17, 15) is 4.79 Å². The van der Waals surface area contributed by atoms with E-state index < -0.39 is 12.2 Å². The molecule has 0 aliphatic heterocycles. The maximum absolute atomic E-state index is 11.8. The van der Waals surface area contributed by atoms with Gasteiger partial charge in [0.1, 0.15) is 5.52 Å². The van der Waals surface area contributed by atoms with Crippen LogP contribution in [0.5, 0.6) is 0 Å². The van der Waals surface area contributed by atoms with Gasteiger partial charge in [0.2, 0.25) is 12.0 Å². The highest BCUT2D eigenvalue weighted by atomic mass is 16.6. The van der Waals surface area contributed by atoms with Crippen molar-refractivity contribution in [3.63, 3.8) is 0 Å². The molecule has 118 valence electrons. The smallest absolute Gasteiger partial charge is 0.408 e. The van der Waals surface area contributed by atoms with Gasteiger partial charge in [-0.25, -0.2) is 9.78 Å². The molecular weight excluding hydrogens is 292 g/mol. The lowest BCUT2D eigenvalue weighted by Gasteiger charge is -2.17. The molecule has 0 spiro atoms. The summed E-state index contributed by atoms with van der Waals surface area (Å²) in [6.45, 7) is 4.00. The number of nitrogens with zero attached hydrogens (tertiary/aromatic N) is 1. The summed E-state index contributed by atoms with van der Waals surface area (Å²) in [6, 6.07) is 13.4. The summed E-state index contributed by atoms with van der Waals surface area (Å²) in [5.41, 5.74) is 4.41. The summed E-state index contributed by atoms with van der Waals surface area (Å²) in [5, 5.41) is 2.47. The number of hydrogen-bond acceptors (Lipinski definition) is 4. The van der Waals surface area contributed by atoms with Gasteiger partial charge in [0.05, 0.1) is 0 Å². The Morgan fingerprint density at radius 2 is 2.00 bits per heavy atom. The SMILES string of the molecule is CNC(=O)OC(c1nc2ccccc2o1)c1ccc(C)cc1C. The molecule has 0 bridgehead atoms. The molecule has 5 heteroatoms. The van der Waals surface area contributed by atoms with Crippen molar-refractivity contribution >= 4 is 17.2 Å². The monoisotopic (exact) mass is 310 g/mol. The summed E-state index contributed by atoms with van der Waals surface area (Å²) in [6.07, 6.45) is -1.22. The zero-order valence-corrected chi connectivity index (χ0v) is 13.3. The fourth-order valence-corrected chi connectivity index (χ4v) is 2.53. The first-order valence-electron chi connectivity index (χ1n) is 7.39. The van der Waals surface area contributed by atoms with E-state index in [1.165, 1.54) is 7.05 Å². The third-order valence-corrected chi connectivity index (χ3v) is 3.67. The maximum Gasteiger partial charge on any atom is 0.408 e. The minimum Gasteiger partial charge on any atom is -0.436 e. The van der Waals surface area contributed by atoms with Crippen molar-refractivity contribution in [3.05, 3.63) is 65.0 Å². The Kier molecular flexibility index (Phi) is 4.02. The molecule has 2 aromatic carbocycles. The van der Waals surface area contributed by atoms with Gasteiger partial charge in [-0.05, 0) is 31.5 Å². The minimum atomic E-state index is -0.692. The second kappa shape index (κ2) is 6.12. The second-order valence-corrected chi connectivity index (χ2v) is 5.42. The molecule has 3 rings (SSSR count). The predicted molar refractivity (Wildman–Crippen MR) is 87.3 cm³/mol. The van der Waals surface area contributed by atoms with Gasteiger partial charge in [0.25, 0.3) is 0 Å². The molecular formula is C18H18N2O3. The van der Waals surface area contributed by atoms with Gasteiger partial charge in [0.15, 0.2) is 5.58 Å². The quantitative estimate of drug-likeness (QED) is 0.797. The van der Waals surface area contributed by atoms with E-state index in [0.717, 1.165) is 22.2 Å². The van der Waals surface area contributed by atoms with E-state index in [1.54, 1.807) is 0 Å². The van der Waals surface area contributed by atoms with Crippen LogP contribution in [0.3, 0.4) is 0 Å². The number of carbonyl (C=O) groups excluding carboxylic acids is 1. The van der Waals surface area contributed by atoms with Gasteiger partial charge in [-0.2, -0.15) is 0 Å². The Bertz CT molecular complexity index is 821. The Hall–Kier alpha value is -2.82. The van der Waals surface area contributed by atoms with Crippen LogP contribution in [0.2, 0.25) is 0 Å². The molecule has 5 nitrogen and oxygen atoms in total. The van der Waals surface area contributed by atoms with Crippen molar-refractivity contribution in [1.29, 1.82) is 0 Å². The first kappa shape index (κ1) is 15.1. The lowest BCUT2D eigenvalue weighted by molar-refractivity contribution is 0.105. The van der Waals surface area contributed by atoms with Crippen LogP contribution in [-0.4, -0.2) is 18.1 Å². The van der Waals surface area contributed by atoms with Gasteiger partial charge >= 0.3 is 6.09 Å². The van der Waals surface area contributed by atoms with Crippen LogP contribution in [0.4, 0.5) is 4.79 Å². The normalized spacial score (nSPS) is 12.1. The van der Waals surface area contributed by atoms with E-state index in [1.807, 2.05) is 56.3 Å². The average molecular weight is 310 g/mol. The van der Waals surface area contributed by atoms with E-state index in [4.69, 9.17) is 9.15 Å². The van der Waals surface area contributed by atoms with Crippen molar-refractivity contribution in [3.8, 4) is 0 Å². The van der Waals surface area contributed by atoms with Crippen molar-refractivity contribution in [1.82, 2.24) is 10.3 Å². The molecule has 1 unspecified atom stereocenters. The fourth-order valence-electron chi connectivity index (χ4n) is 2.53. The summed E-state index contributed by atoms with van der Waals surface area (Å²) in [7, 11) is 1.52. The molecule has 3 aromatic rings. The van der Waals surface area contributed by atoms with E-state index >= 15 is 0 Å². The van der Waals surface area contributed by atoms with Crippen LogP contribution in [0.15, 0.2) is 46.9 Å². The van der Waals surface area contributed by atoms with Crippen LogP contribution in [0.25, 0.3) is 11.1 Å². The molecule has 0 radical (unpaired) electrons. The first-order chi connectivity index (χ1) is 11.1. The van der Waals surface area contributed by atoms with E-state index in [0.29, 0.717) is 11.5 Å². The highest BCUT2D eigenvalue weighted by Gasteiger charge is 2.25. The summed E-state index contributed by atoms with van der Waals surface area (Å²) >= 11 is 0. The number of ether oxygens (including phenoxy) is 1. The standard InChI is InChI=1S/C18H18N2O3/c1-11-8-9-13(12(2)10-11)16(23-18(21)19-3)17-20-14-6-4-5-7-15(14)22-17/h4-10,16H,1-3H3,(H,19,21). The maximum atomic E-state index is 11.8.